The number of hydrogen-bond donors (Lipinski definition) is 7. The normalized spacial score (nSPS) is 8.29. The van der Waals surface area contributed by atoms with Gasteiger partial charge in [-0.3, -0.25) is 4.98 Å². The minimum absolute atomic E-state index is 0. The van der Waals surface area contributed by atoms with Crippen LogP contribution >= 0.6 is 0 Å². The van der Waals surface area contributed by atoms with E-state index in [0.29, 0.717) is 68.5 Å². The monoisotopic (exact) mass is 1610 g/mol. The number of nitrogen functional groups attached to an aromatic ring is 7. The Hall–Kier alpha value is -12.9. The van der Waals surface area contributed by atoms with Crippen molar-refractivity contribution in [1.82, 2.24) is 90.4 Å². The maximum absolute atomic E-state index is 11.1. The first-order chi connectivity index (χ1) is 54.8. The molecule has 14 N–H and O–H groups in total. The van der Waals surface area contributed by atoms with E-state index in [0.717, 1.165) is 28.2 Å². The molecule has 0 aliphatic heterocycles. The van der Waals surface area contributed by atoms with Crippen molar-refractivity contribution in [3.05, 3.63) is 173 Å². The van der Waals surface area contributed by atoms with Gasteiger partial charge >= 0.3 is 35.8 Å². The Labute approximate surface area is 682 Å². The van der Waals surface area contributed by atoms with E-state index in [9.17, 15) is 28.8 Å². The molecular weight excluding hydrogens is 1480 g/mol. The standard InChI is InChI=1S/2C8H10N2O2.4C7H9N3O2.3C5H7N3.9C2H6.CH4/c1-3-12-8(11)7-4-6(2)5-9-10-7;1-3-12-8(11)7-9-5-4-6(2)10-7;1-2-12-7(11)5-3-10-6(8)4-9-5;1-2-12-7(11)6-9-3-5(8)4-10-6;1-2-12-6(11)5-3-9-7(8)10-4-5;1-2-12-7(11)5-3-4-6(8)10-9-5;1-4-2-7-3-5(6)8-4;1-4-2-5(6)8-7-3-4;1-4-2-3-7-5(6)8-4;9*1-2;/h2*4-5H,3H2,1-2H3;3-4H,2H2,1H3,(H2,8,10);3-4H,2,8H2,1H3;3-4H,2H2,1H3,(H2,8,9,10);3-4H,2H2,1H3,(H2,8,10);2*2-3H,1H3,(H2,6,8);2-3H,1H3,(H2,6,7,8);9*1-2H3;1H4. The lowest BCUT2D eigenvalue weighted by molar-refractivity contribution is 0.0502. The molecule has 9 rings (SSSR count). The summed E-state index contributed by atoms with van der Waals surface area (Å²) in [6.45, 7) is 57.7. The van der Waals surface area contributed by atoms with Crippen LogP contribution in [0.15, 0.2) is 111 Å². The van der Waals surface area contributed by atoms with Crippen molar-refractivity contribution in [2.24, 2.45) is 0 Å². The number of rotatable bonds is 12. The second-order valence-corrected chi connectivity index (χ2v) is 17.6. The van der Waals surface area contributed by atoms with Crippen LogP contribution in [0.25, 0.3) is 0 Å². The first-order valence-electron chi connectivity index (χ1n) is 37.4. The Morgan fingerprint density at radius 1 is 0.304 bits per heavy atom. The molecule has 0 unspecified atom stereocenters. The molecular formula is C78H135N25O12. The highest BCUT2D eigenvalue weighted by atomic mass is 16.6. The molecule has 0 fully saturated rings. The molecule has 0 aromatic carbocycles. The molecule has 9 aromatic heterocycles. The number of esters is 6. The number of aryl methyl sites for hydroxylation is 5. The van der Waals surface area contributed by atoms with E-state index in [4.69, 9.17) is 54.3 Å². The summed E-state index contributed by atoms with van der Waals surface area (Å²) in [5, 5.41) is 21.5. The van der Waals surface area contributed by atoms with Crippen molar-refractivity contribution in [3.8, 4) is 0 Å². The van der Waals surface area contributed by atoms with Crippen LogP contribution < -0.4 is 40.1 Å². The molecule has 0 amide bonds. The first-order valence-corrected chi connectivity index (χ1v) is 37.4. The summed E-state index contributed by atoms with van der Waals surface area (Å²) in [7, 11) is 0. The quantitative estimate of drug-likeness (QED) is 0.0441. The van der Waals surface area contributed by atoms with Crippen molar-refractivity contribution >= 4 is 76.7 Å². The Kier molecular flexibility index (Phi) is 94.6. The van der Waals surface area contributed by atoms with Crippen LogP contribution in [0.5, 0.6) is 0 Å². The molecule has 0 saturated carbocycles. The Morgan fingerprint density at radius 2 is 0.730 bits per heavy atom. The van der Waals surface area contributed by atoms with Gasteiger partial charge in [-0.05, 0) is 124 Å². The Balaban J connectivity index is -0.000000132. The number of nitrogens with zero attached hydrogens (tertiary/aromatic N) is 18. The summed E-state index contributed by atoms with van der Waals surface area (Å²) in [6.07, 6.45) is 17.6. The molecule has 0 aliphatic rings. The van der Waals surface area contributed by atoms with Crippen LogP contribution in [0.2, 0.25) is 0 Å². The van der Waals surface area contributed by atoms with Gasteiger partial charge in [-0.25, -0.2) is 83.6 Å². The summed E-state index contributed by atoms with van der Waals surface area (Å²) in [5.74, 6) is -0.669. The highest BCUT2D eigenvalue weighted by Gasteiger charge is 2.12. The molecule has 0 spiro atoms. The van der Waals surface area contributed by atoms with Crippen LogP contribution in [0.4, 0.5) is 40.9 Å². The van der Waals surface area contributed by atoms with Crippen LogP contribution in [0.3, 0.4) is 0 Å². The SMILES string of the molecule is C.CC.CC.CC.CC.CC.CC.CC.CC.CC.CCOC(=O)c1cc(C)cnn1.CCOC(=O)c1ccc(N)nn1.CCOC(=O)c1cnc(N)cn1.CCOC(=O)c1cnc(N)nc1.CCOC(=O)c1ncc(N)cn1.CCOC(=O)c1nccc(C)n1.Cc1ccnc(N)n1.Cc1cncc(N)n1.Cc1cnnc(N)c1. The molecule has 0 atom stereocenters. The summed E-state index contributed by atoms with van der Waals surface area (Å²) < 4.78 is 28.2. The fraction of sp³-hybridized carbons (Fsp3) is 0.462. The third-order valence-corrected chi connectivity index (χ3v) is 9.56. The number of nitrogens with two attached hydrogens (primary N) is 7. The molecule has 0 aliphatic carbocycles. The van der Waals surface area contributed by atoms with Crippen molar-refractivity contribution in [1.29, 1.82) is 0 Å². The van der Waals surface area contributed by atoms with Gasteiger partial charge in [0.15, 0.2) is 17.1 Å². The van der Waals surface area contributed by atoms with Crippen LogP contribution in [-0.2, 0) is 28.4 Å². The summed E-state index contributed by atoms with van der Waals surface area (Å²) in [6, 6.07) is 9.91. The van der Waals surface area contributed by atoms with Gasteiger partial charge in [0.25, 0.3) is 0 Å². The number of carbonyl (C=O) groups is 6. The van der Waals surface area contributed by atoms with E-state index in [2.05, 4.69) is 105 Å². The van der Waals surface area contributed by atoms with E-state index < -0.39 is 35.8 Å². The zero-order valence-corrected chi connectivity index (χ0v) is 72.6. The molecule has 37 nitrogen and oxygen atoms in total. The molecule has 115 heavy (non-hydrogen) atoms. The van der Waals surface area contributed by atoms with Gasteiger partial charge in [-0.1, -0.05) is 132 Å². The summed E-state index contributed by atoms with van der Waals surface area (Å²) >= 11 is 0. The molecule has 0 saturated heterocycles. The van der Waals surface area contributed by atoms with Gasteiger partial charge in [0.05, 0.1) is 100.0 Å². The van der Waals surface area contributed by atoms with Crippen molar-refractivity contribution in [3.63, 3.8) is 0 Å². The molecule has 9 heterocycles. The highest BCUT2D eigenvalue weighted by molar-refractivity contribution is 5.89. The van der Waals surface area contributed by atoms with Gasteiger partial charge in [0.2, 0.25) is 23.5 Å². The third kappa shape index (κ3) is 70.0. The second kappa shape index (κ2) is 88.4. The Morgan fingerprint density at radius 3 is 1.10 bits per heavy atom. The van der Waals surface area contributed by atoms with Gasteiger partial charge < -0.3 is 68.6 Å². The topological polar surface area (TPSA) is 572 Å². The van der Waals surface area contributed by atoms with Gasteiger partial charge in [0, 0.05) is 42.4 Å². The van der Waals surface area contributed by atoms with E-state index in [1.807, 2.05) is 152 Å². The molecule has 0 bridgehead atoms. The van der Waals surface area contributed by atoms with Crippen LogP contribution in [0.1, 0.15) is 265 Å². The number of aromatic nitrogens is 18. The average molecular weight is 1620 g/mol. The smallest absolute Gasteiger partial charge is 0.376 e. The van der Waals surface area contributed by atoms with Gasteiger partial charge in [0.1, 0.15) is 23.3 Å². The minimum Gasteiger partial charge on any atom is -0.462 e. The van der Waals surface area contributed by atoms with E-state index >= 15 is 0 Å². The summed E-state index contributed by atoms with van der Waals surface area (Å²) in [5.41, 5.74) is 42.7. The lowest BCUT2D eigenvalue weighted by Crippen LogP contribution is -2.09. The first kappa shape index (κ1) is 123. The fourth-order valence-electron chi connectivity index (χ4n) is 5.55. The van der Waals surface area contributed by atoms with Gasteiger partial charge in [-0.15, -0.1) is 20.4 Å². The maximum atomic E-state index is 11.1. The molecule has 9 aromatic rings. The minimum atomic E-state index is -0.530. The van der Waals surface area contributed by atoms with Crippen LogP contribution in [0, 0.1) is 34.6 Å². The number of carbonyl (C=O) groups excluding carboxylic acids is 6. The van der Waals surface area contributed by atoms with Crippen LogP contribution in [-0.4, -0.2) is 166 Å². The number of hydrogen-bond acceptors (Lipinski definition) is 37. The van der Waals surface area contributed by atoms with Crippen molar-refractivity contribution < 1.29 is 57.2 Å². The zero-order chi connectivity index (χ0) is 89.8. The predicted octanol–water partition coefficient (Wildman–Crippen LogP) is 13.8. The summed E-state index contributed by atoms with van der Waals surface area (Å²) in [4.78, 5) is 111. The predicted molar refractivity (Wildman–Crippen MR) is 457 cm³/mol. The van der Waals surface area contributed by atoms with Crippen molar-refractivity contribution in [2.75, 3.05) is 79.8 Å². The lowest BCUT2D eigenvalue weighted by Gasteiger charge is -1.99. The molecule has 644 valence electrons. The third-order valence-electron chi connectivity index (χ3n) is 9.56. The highest BCUT2D eigenvalue weighted by Crippen LogP contribution is 2.04. The average Bonchev–Trinajstić information content (AvgIpc) is 0.920. The maximum Gasteiger partial charge on any atom is 0.376 e. The molecule has 0 radical (unpaired) electrons. The zero-order valence-electron chi connectivity index (χ0n) is 72.6. The largest absolute Gasteiger partial charge is 0.462 e. The Bertz CT molecular complexity index is 3310. The number of ether oxygens (including phenoxy) is 6. The lowest BCUT2D eigenvalue weighted by atomic mass is 10.3. The van der Waals surface area contributed by atoms with E-state index in [1.165, 1.54) is 61.7 Å². The van der Waals surface area contributed by atoms with Gasteiger partial charge in [-0.2, -0.15) is 10.2 Å². The molecule has 37 heteroatoms. The second-order valence-electron chi connectivity index (χ2n) is 17.6. The fourth-order valence-corrected chi connectivity index (χ4v) is 5.55. The number of anilines is 7. The van der Waals surface area contributed by atoms with E-state index in [-0.39, 0.29) is 53.7 Å². The van der Waals surface area contributed by atoms with Crippen molar-refractivity contribution in [2.45, 2.75) is 208 Å². The van der Waals surface area contributed by atoms with E-state index in [1.54, 1.807) is 97.5 Å².